The molecule has 0 aromatic heterocycles. The average molecular weight is 243 g/mol. The first-order chi connectivity index (χ1) is 8.08. The highest BCUT2D eigenvalue weighted by Crippen LogP contribution is 2.38. The van der Waals surface area contributed by atoms with Gasteiger partial charge in [-0.05, 0) is 19.4 Å². The normalized spacial score (nSPS) is 10.5. The van der Waals surface area contributed by atoms with E-state index in [1.165, 1.54) is 21.3 Å². The largest absolute Gasteiger partial charge is 0.492 e. The maximum absolute atomic E-state index is 14.0. The van der Waals surface area contributed by atoms with Crippen molar-refractivity contribution in [1.29, 1.82) is 0 Å². The summed E-state index contributed by atoms with van der Waals surface area (Å²) in [4.78, 5) is 4.78. The fourth-order valence-corrected chi connectivity index (χ4v) is 1.81. The average Bonchev–Trinajstić information content (AvgIpc) is 2.34. The third-order valence-corrected chi connectivity index (χ3v) is 2.73. The van der Waals surface area contributed by atoms with E-state index in [0.717, 1.165) is 0 Å². The van der Waals surface area contributed by atoms with Gasteiger partial charge in [0.15, 0.2) is 11.5 Å². The highest BCUT2D eigenvalue weighted by Gasteiger charge is 2.20. The zero-order chi connectivity index (χ0) is 13.0. The SMILES string of the molecule is CONCc1c(C)c(F)c(C)c(OC)c1OC. The van der Waals surface area contributed by atoms with Crippen LogP contribution in [0.4, 0.5) is 4.39 Å². The molecule has 0 radical (unpaired) electrons. The van der Waals surface area contributed by atoms with Gasteiger partial charge in [-0.1, -0.05) is 0 Å². The molecule has 0 atom stereocenters. The Morgan fingerprint density at radius 1 is 1.00 bits per heavy atom. The van der Waals surface area contributed by atoms with Gasteiger partial charge in [0.1, 0.15) is 5.82 Å². The number of ether oxygens (including phenoxy) is 2. The molecule has 1 aromatic carbocycles. The van der Waals surface area contributed by atoms with E-state index in [4.69, 9.17) is 14.3 Å². The number of hydrogen-bond acceptors (Lipinski definition) is 4. The molecule has 0 aliphatic rings. The van der Waals surface area contributed by atoms with Crippen LogP contribution >= 0.6 is 0 Å². The summed E-state index contributed by atoms with van der Waals surface area (Å²) in [5, 5.41) is 0. The minimum atomic E-state index is -0.282. The monoisotopic (exact) mass is 243 g/mol. The lowest BCUT2D eigenvalue weighted by Gasteiger charge is -2.18. The molecule has 0 aliphatic carbocycles. The van der Waals surface area contributed by atoms with Gasteiger partial charge in [0.05, 0.1) is 27.9 Å². The molecule has 0 saturated heterocycles. The molecule has 0 fully saturated rings. The molecule has 0 amide bonds. The first-order valence-corrected chi connectivity index (χ1v) is 5.23. The lowest BCUT2D eigenvalue weighted by atomic mass is 10.0. The summed E-state index contributed by atoms with van der Waals surface area (Å²) in [5.74, 6) is 0.674. The van der Waals surface area contributed by atoms with Gasteiger partial charge in [-0.3, -0.25) is 0 Å². The molecular formula is C12H18FNO3. The summed E-state index contributed by atoms with van der Waals surface area (Å²) in [7, 11) is 4.53. The number of benzene rings is 1. The fourth-order valence-electron chi connectivity index (χ4n) is 1.81. The molecule has 5 heteroatoms. The van der Waals surface area contributed by atoms with Crippen LogP contribution < -0.4 is 15.0 Å². The van der Waals surface area contributed by atoms with E-state index >= 15 is 0 Å². The fraction of sp³-hybridized carbons (Fsp3) is 0.500. The Kier molecular flexibility index (Phi) is 4.72. The van der Waals surface area contributed by atoms with Gasteiger partial charge in [0.25, 0.3) is 0 Å². The van der Waals surface area contributed by atoms with E-state index in [-0.39, 0.29) is 5.82 Å². The number of rotatable bonds is 5. The minimum absolute atomic E-state index is 0.282. The summed E-state index contributed by atoms with van der Waals surface area (Å²) in [6.07, 6.45) is 0. The Morgan fingerprint density at radius 3 is 2.06 bits per heavy atom. The van der Waals surface area contributed by atoms with Crippen LogP contribution in [0.25, 0.3) is 0 Å². The predicted octanol–water partition coefficient (Wildman–Crippen LogP) is 2.11. The Bertz CT molecular complexity index is 407. The van der Waals surface area contributed by atoms with Crippen LogP contribution in [0.15, 0.2) is 0 Å². The van der Waals surface area contributed by atoms with E-state index in [9.17, 15) is 4.39 Å². The Morgan fingerprint density at radius 2 is 1.59 bits per heavy atom. The lowest BCUT2D eigenvalue weighted by molar-refractivity contribution is 0.0858. The van der Waals surface area contributed by atoms with E-state index in [0.29, 0.717) is 34.7 Å². The van der Waals surface area contributed by atoms with Gasteiger partial charge in [0.2, 0.25) is 0 Å². The van der Waals surface area contributed by atoms with Crippen molar-refractivity contribution in [3.05, 3.63) is 22.5 Å². The van der Waals surface area contributed by atoms with Gasteiger partial charge in [-0.15, -0.1) is 0 Å². The zero-order valence-corrected chi connectivity index (χ0v) is 10.8. The van der Waals surface area contributed by atoms with Gasteiger partial charge < -0.3 is 14.3 Å². The molecule has 96 valence electrons. The van der Waals surface area contributed by atoms with Gasteiger partial charge >= 0.3 is 0 Å². The lowest BCUT2D eigenvalue weighted by Crippen LogP contribution is -2.14. The van der Waals surface area contributed by atoms with Crippen molar-refractivity contribution in [2.75, 3.05) is 21.3 Å². The number of hydrogen-bond donors (Lipinski definition) is 1. The van der Waals surface area contributed by atoms with Crippen LogP contribution in [0, 0.1) is 19.7 Å². The summed E-state index contributed by atoms with van der Waals surface area (Å²) in [5.41, 5.74) is 4.34. The van der Waals surface area contributed by atoms with Crippen molar-refractivity contribution in [1.82, 2.24) is 5.48 Å². The van der Waals surface area contributed by atoms with Crippen LogP contribution in [-0.4, -0.2) is 21.3 Å². The number of methoxy groups -OCH3 is 2. The second-order valence-corrected chi connectivity index (χ2v) is 3.63. The molecule has 1 N–H and O–H groups in total. The van der Waals surface area contributed by atoms with Crippen LogP contribution in [-0.2, 0) is 11.4 Å². The Labute approximate surface area is 101 Å². The summed E-state index contributed by atoms with van der Waals surface area (Å²) in [6.45, 7) is 3.72. The Balaban J connectivity index is 3.39. The number of nitrogens with one attached hydrogen (secondary N) is 1. The molecule has 0 bridgehead atoms. The van der Waals surface area contributed by atoms with Crippen molar-refractivity contribution in [2.24, 2.45) is 0 Å². The molecule has 4 nitrogen and oxygen atoms in total. The van der Waals surface area contributed by atoms with E-state index in [2.05, 4.69) is 5.48 Å². The van der Waals surface area contributed by atoms with Gasteiger partial charge in [-0.2, -0.15) is 5.48 Å². The third kappa shape index (κ3) is 2.50. The molecule has 1 rings (SSSR count). The molecule has 0 heterocycles. The zero-order valence-electron chi connectivity index (χ0n) is 10.8. The van der Waals surface area contributed by atoms with E-state index in [1.54, 1.807) is 13.8 Å². The smallest absolute Gasteiger partial charge is 0.166 e. The van der Waals surface area contributed by atoms with Crippen molar-refractivity contribution < 1.29 is 18.7 Å². The molecule has 17 heavy (non-hydrogen) atoms. The Hall–Kier alpha value is -1.33. The predicted molar refractivity (Wildman–Crippen MR) is 62.8 cm³/mol. The second kappa shape index (κ2) is 5.84. The number of hydroxylamine groups is 1. The standard InChI is InChI=1S/C12H18FNO3/c1-7-9(6-14-17-5)12(16-4)11(15-3)8(2)10(7)13/h14H,6H2,1-5H3. The molecule has 0 saturated carbocycles. The molecule has 0 spiro atoms. The third-order valence-electron chi connectivity index (χ3n) is 2.73. The van der Waals surface area contributed by atoms with E-state index < -0.39 is 0 Å². The van der Waals surface area contributed by atoms with Crippen LogP contribution in [0.1, 0.15) is 16.7 Å². The highest BCUT2D eigenvalue weighted by molar-refractivity contribution is 5.55. The molecular weight excluding hydrogens is 225 g/mol. The van der Waals surface area contributed by atoms with Crippen molar-refractivity contribution >= 4 is 0 Å². The second-order valence-electron chi connectivity index (χ2n) is 3.63. The maximum atomic E-state index is 14.0. The topological polar surface area (TPSA) is 39.7 Å². The number of halogens is 1. The van der Waals surface area contributed by atoms with Crippen molar-refractivity contribution in [2.45, 2.75) is 20.4 Å². The van der Waals surface area contributed by atoms with Crippen LogP contribution in [0.3, 0.4) is 0 Å². The first-order valence-electron chi connectivity index (χ1n) is 5.23. The van der Waals surface area contributed by atoms with Crippen LogP contribution in [0.2, 0.25) is 0 Å². The highest BCUT2D eigenvalue weighted by atomic mass is 19.1. The van der Waals surface area contributed by atoms with Gasteiger partial charge in [-0.25, -0.2) is 4.39 Å². The summed E-state index contributed by atoms with van der Waals surface area (Å²) < 4.78 is 24.5. The molecule has 0 unspecified atom stereocenters. The minimum Gasteiger partial charge on any atom is -0.492 e. The van der Waals surface area contributed by atoms with Crippen molar-refractivity contribution in [3.63, 3.8) is 0 Å². The van der Waals surface area contributed by atoms with Crippen LogP contribution in [0.5, 0.6) is 11.5 Å². The van der Waals surface area contributed by atoms with E-state index in [1.807, 2.05) is 0 Å². The molecule has 0 aliphatic heterocycles. The molecule has 1 aromatic rings. The van der Waals surface area contributed by atoms with Crippen molar-refractivity contribution in [3.8, 4) is 11.5 Å². The first kappa shape index (κ1) is 13.7. The quantitative estimate of drug-likeness (QED) is 0.804. The summed E-state index contributed by atoms with van der Waals surface area (Å²) in [6, 6.07) is 0. The maximum Gasteiger partial charge on any atom is 0.166 e. The summed E-state index contributed by atoms with van der Waals surface area (Å²) >= 11 is 0. The van der Waals surface area contributed by atoms with Gasteiger partial charge in [0, 0.05) is 11.1 Å².